The van der Waals surface area contributed by atoms with Crippen LogP contribution in [0.5, 0.6) is 5.75 Å². The van der Waals surface area contributed by atoms with Crippen molar-refractivity contribution in [3.63, 3.8) is 0 Å². The number of hydrogen-bond acceptors (Lipinski definition) is 4. The summed E-state index contributed by atoms with van der Waals surface area (Å²) in [6, 6.07) is 6.96. The zero-order valence-corrected chi connectivity index (χ0v) is 9.52. The maximum atomic E-state index is 9.60. The molecule has 1 unspecified atom stereocenters. The Labute approximate surface area is 95.9 Å². The van der Waals surface area contributed by atoms with Crippen LogP contribution in [-0.2, 0) is 4.74 Å². The highest BCUT2D eigenvalue weighted by Crippen LogP contribution is 2.21. The molecule has 0 heterocycles. The first-order chi connectivity index (χ1) is 7.74. The summed E-state index contributed by atoms with van der Waals surface area (Å²) in [5.74, 6) is 0.194. The number of nitrogens with one attached hydrogen (secondary N) is 1. The fourth-order valence-corrected chi connectivity index (χ4v) is 1.32. The molecule has 90 valence electrons. The van der Waals surface area contributed by atoms with E-state index in [-0.39, 0.29) is 5.75 Å². The number of phenolic OH excluding ortho intramolecular Hbond substituents is 1. The fraction of sp³-hybridized carbons (Fsp3) is 0.500. The molecule has 0 aliphatic carbocycles. The lowest BCUT2D eigenvalue weighted by Crippen LogP contribution is -2.21. The summed E-state index contributed by atoms with van der Waals surface area (Å²) in [7, 11) is 0. The van der Waals surface area contributed by atoms with E-state index in [2.05, 4.69) is 5.32 Å². The Kier molecular flexibility index (Phi) is 5.67. The summed E-state index contributed by atoms with van der Waals surface area (Å²) in [6.07, 6.45) is 0.125. The third-order valence-electron chi connectivity index (χ3n) is 2.23. The number of hydrogen-bond donors (Lipinski definition) is 3. The Morgan fingerprint density at radius 2 is 2.12 bits per heavy atom. The smallest absolute Gasteiger partial charge is 0.138 e. The Bertz CT molecular complexity index is 304. The minimum atomic E-state index is -0.467. The van der Waals surface area contributed by atoms with Gasteiger partial charge in [-0.2, -0.15) is 0 Å². The van der Waals surface area contributed by atoms with Gasteiger partial charge < -0.3 is 20.3 Å². The summed E-state index contributed by atoms with van der Waals surface area (Å²) in [6.45, 7) is 3.55. The SMILES string of the molecule is CCOCCC(O)CNc1ccccc1O. The standard InChI is InChI=1S/C12H19NO3/c1-2-16-8-7-10(14)9-13-11-5-3-4-6-12(11)15/h3-6,10,13-15H,2,7-9H2,1H3. The molecule has 4 heteroatoms. The van der Waals surface area contributed by atoms with Crippen LogP contribution in [0, 0.1) is 0 Å². The van der Waals surface area contributed by atoms with Crippen molar-refractivity contribution < 1.29 is 14.9 Å². The van der Waals surface area contributed by atoms with Crippen molar-refractivity contribution in [3.05, 3.63) is 24.3 Å². The predicted octanol–water partition coefficient (Wildman–Crippen LogP) is 1.59. The van der Waals surface area contributed by atoms with Crippen LogP contribution in [-0.4, -0.2) is 36.1 Å². The zero-order chi connectivity index (χ0) is 11.8. The molecule has 1 aromatic rings. The lowest BCUT2D eigenvalue weighted by atomic mass is 10.2. The number of aliphatic hydroxyl groups is 1. The first-order valence-electron chi connectivity index (χ1n) is 5.51. The van der Waals surface area contributed by atoms with Crippen LogP contribution in [0.25, 0.3) is 0 Å². The first-order valence-corrected chi connectivity index (χ1v) is 5.51. The third kappa shape index (κ3) is 4.51. The van der Waals surface area contributed by atoms with Gasteiger partial charge in [0.15, 0.2) is 0 Å². The van der Waals surface area contributed by atoms with E-state index in [0.29, 0.717) is 31.9 Å². The van der Waals surface area contributed by atoms with Crippen molar-refractivity contribution >= 4 is 5.69 Å². The summed E-state index contributed by atoms with van der Waals surface area (Å²) in [5, 5.41) is 22.1. The van der Waals surface area contributed by atoms with Crippen LogP contribution < -0.4 is 5.32 Å². The molecule has 0 fully saturated rings. The van der Waals surface area contributed by atoms with Crippen molar-refractivity contribution in [3.8, 4) is 5.75 Å². The van der Waals surface area contributed by atoms with E-state index in [9.17, 15) is 10.2 Å². The van der Waals surface area contributed by atoms with Crippen LogP contribution in [0.1, 0.15) is 13.3 Å². The number of phenols is 1. The van der Waals surface area contributed by atoms with Crippen molar-refractivity contribution in [1.82, 2.24) is 0 Å². The molecule has 0 bridgehead atoms. The molecule has 1 rings (SSSR count). The van der Waals surface area contributed by atoms with Gasteiger partial charge in [0, 0.05) is 19.8 Å². The quantitative estimate of drug-likeness (QED) is 0.487. The van der Waals surface area contributed by atoms with Crippen LogP contribution in [0.2, 0.25) is 0 Å². The van der Waals surface area contributed by atoms with Crippen LogP contribution in [0.4, 0.5) is 5.69 Å². The molecule has 0 amide bonds. The Morgan fingerprint density at radius 1 is 1.38 bits per heavy atom. The Morgan fingerprint density at radius 3 is 2.81 bits per heavy atom. The molecule has 0 spiro atoms. The average Bonchev–Trinajstić information content (AvgIpc) is 2.28. The van der Waals surface area contributed by atoms with E-state index in [1.807, 2.05) is 13.0 Å². The molecular weight excluding hydrogens is 206 g/mol. The molecule has 16 heavy (non-hydrogen) atoms. The summed E-state index contributed by atoms with van der Waals surface area (Å²) in [4.78, 5) is 0. The monoisotopic (exact) mass is 225 g/mol. The molecule has 1 atom stereocenters. The molecule has 0 aliphatic rings. The average molecular weight is 225 g/mol. The molecule has 4 nitrogen and oxygen atoms in total. The number of para-hydroxylation sites is 2. The second-order valence-corrected chi connectivity index (χ2v) is 3.54. The fourth-order valence-electron chi connectivity index (χ4n) is 1.32. The highest BCUT2D eigenvalue weighted by atomic mass is 16.5. The largest absolute Gasteiger partial charge is 0.506 e. The summed E-state index contributed by atoms with van der Waals surface area (Å²) < 4.78 is 5.14. The van der Waals surface area contributed by atoms with Gasteiger partial charge in [0.05, 0.1) is 11.8 Å². The number of aromatic hydroxyl groups is 1. The third-order valence-corrected chi connectivity index (χ3v) is 2.23. The van der Waals surface area contributed by atoms with Gasteiger partial charge in [-0.1, -0.05) is 12.1 Å². The second-order valence-electron chi connectivity index (χ2n) is 3.54. The second kappa shape index (κ2) is 7.09. The normalized spacial score (nSPS) is 12.4. The van der Waals surface area contributed by atoms with Crippen molar-refractivity contribution in [2.45, 2.75) is 19.4 Å². The maximum absolute atomic E-state index is 9.60. The highest BCUT2D eigenvalue weighted by molar-refractivity contribution is 5.55. The van der Waals surface area contributed by atoms with Gasteiger partial charge in [-0.25, -0.2) is 0 Å². The van der Waals surface area contributed by atoms with E-state index in [4.69, 9.17) is 4.74 Å². The number of ether oxygens (including phenoxy) is 1. The Hall–Kier alpha value is -1.26. The maximum Gasteiger partial charge on any atom is 0.138 e. The molecule has 0 aromatic heterocycles. The Balaban J connectivity index is 2.26. The van der Waals surface area contributed by atoms with Crippen molar-refractivity contribution in [2.24, 2.45) is 0 Å². The summed E-state index contributed by atoms with van der Waals surface area (Å²) in [5.41, 5.74) is 0.637. The van der Waals surface area contributed by atoms with Gasteiger partial charge in [0.2, 0.25) is 0 Å². The summed E-state index contributed by atoms with van der Waals surface area (Å²) >= 11 is 0. The van der Waals surface area contributed by atoms with E-state index in [0.717, 1.165) is 0 Å². The molecule has 0 radical (unpaired) electrons. The van der Waals surface area contributed by atoms with E-state index in [1.54, 1.807) is 18.2 Å². The topological polar surface area (TPSA) is 61.7 Å². The molecule has 0 saturated heterocycles. The van der Waals surface area contributed by atoms with Crippen LogP contribution in [0.3, 0.4) is 0 Å². The molecule has 3 N–H and O–H groups in total. The zero-order valence-electron chi connectivity index (χ0n) is 9.52. The van der Waals surface area contributed by atoms with Crippen molar-refractivity contribution in [2.75, 3.05) is 25.1 Å². The van der Waals surface area contributed by atoms with E-state index in [1.165, 1.54) is 0 Å². The number of aliphatic hydroxyl groups excluding tert-OH is 1. The van der Waals surface area contributed by atoms with Gasteiger partial charge in [-0.05, 0) is 25.5 Å². The minimum absolute atomic E-state index is 0.194. The first kappa shape index (κ1) is 12.8. The molecular formula is C12H19NO3. The van der Waals surface area contributed by atoms with Gasteiger partial charge >= 0.3 is 0 Å². The van der Waals surface area contributed by atoms with Gasteiger partial charge in [-0.15, -0.1) is 0 Å². The van der Waals surface area contributed by atoms with Gasteiger partial charge in [-0.3, -0.25) is 0 Å². The lowest BCUT2D eigenvalue weighted by molar-refractivity contribution is 0.0941. The van der Waals surface area contributed by atoms with Gasteiger partial charge in [0.1, 0.15) is 5.75 Å². The number of benzene rings is 1. The molecule has 1 aromatic carbocycles. The lowest BCUT2D eigenvalue weighted by Gasteiger charge is -2.13. The van der Waals surface area contributed by atoms with E-state index < -0.39 is 6.10 Å². The molecule has 0 saturated carbocycles. The molecule has 0 aliphatic heterocycles. The van der Waals surface area contributed by atoms with Gasteiger partial charge in [0.25, 0.3) is 0 Å². The van der Waals surface area contributed by atoms with Crippen LogP contribution >= 0.6 is 0 Å². The predicted molar refractivity (Wildman–Crippen MR) is 63.7 cm³/mol. The number of rotatable bonds is 7. The minimum Gasteiger partial charge on any atom is -0.506 e. The highest BCUT2D eigenvalue weighted by Gasteiger charge is 2.05. The van der Waals surface area contributed by atoms with E-state index >= 15 is 0 Å². The van der Waals surface area contributed by atoms with Crippen LogP contribution in [0.15, 0.2) is 24.3 Å². The van der Waals surface area contributed by atoms with Crippen molar-refractivity contribution in [1.29, 1.82) is 0 Å². The number of anilines is 1.